The summed E-state index contributed by atoms with van der Waals surface area (Å²) in [4.78, 5) is 11.4. The summed E-state index contributed by atoms with van der Waals surface area (Å²) in [6, 6.07) is 3.31. The summed E-state index contributed by atoms with van der Waals surface area (Å²) in [5.74, 6) is 4.44. The number of carboxylic acids is 1. The summed E-state index contributed by atoms with van der Waals surface area (Å²) in [7, 11) is -0.993. The van der Waals surface area contributed by atoms with Crippen LogP contribution in [0.4, 0.5) is 0 Å². The molecule has 0 unspecified atom stereocenters. The fourth-order valence-corrected chi connectivity index (χ4v) is 1.97. The van der Waals surface area contributed by atoms with E-state index in [0.717, 1.165) is 5.56 Å². The second kappa shape index (κ2) is 6.32. The summed E-state index contributed by atoms with van der Waals surface area (Å²) in [5, 5.41) is 18.8. The molecule has 1 aromatic rings. The summed E-state index contributed by atoms with van der Waals surface area (Å²) < 4.78 is 10.6. The molecular formula is C13H14BNO5. The Balaban J connectivity index is 2.32. The molecule has 0 radical (unpaired) electrons. The Bertz CT molecular complexity index is 578. The third-order valence-electron chi connectivity index (χ3n) is 2.86. The number of hydrogen-bond acceptors (Lipinski definition) is 5. The highest BCUT2D eigenvalue weighted by atomic mass is 16.5. The molecule has 7 heteroatoms. The minimum atomic E-state index is -1.17. The van der Waals surface area contributed by atoms with Crippen LogP contribution in [0.3, 0.4) is 0 Å². The molecule has 0 spiro atoms. The number of hydrogen-bond donors (Lipinski definition) is 3. The van der Waals surface area contributed by atoms with E-state index in [2.05, 4.69) is 11.8 Å². The molecule has 0 aromatic heterocycles. The Hall–Kier alpha value is -2.17. The molecule has 1 aliphatic heterocycles. The van der Waals surface area contributed by atoms with Gasteiger partial charge in [0, 0.05) is 0 Å². The van der Waals surface area contributed by atoms with Crippen molar-refractivity contribution >= 4 is 13.1 Å². The van der Waals surface area contributed by atoms with Crippen molar-refractivity contribution in [2.45, 2.75) is 12.7 Å². The van der Waals surface area contributed by atoms with Crippen molar-refractivity contribution < 1.29 is 24.3 Å². The first kappa shape index (κ1) is 14.2. The van der Waals surface area contributed by atoms with Crippen LogP contribution in [0.25, 0.3) is 0 Å². The van der Waals surface area contributed by atoms with Crippen LogP contribution < -0.4 is 15.1 Å². The first-order valence-corrected chi connectivity index (χ1v) is 6.16. The molecule has 1 aromatic carbocycles. The lowest BCUT2D eigenvalue weighted by atomic mass is 9.78. The first-order valence-electron chi connectivity index (χ1n) is 6.16. The molecule has 1 aliphatic rings. The number of ether oxygens (including phenoxy) is 1. The van der Waals surface area contributed by atoms with Gasteiger partial charge < -0.3 is 25.3 Å². The molecular weight excluding hydrogens is 261 g/mol. The van der Waals surface area contributed by atoms with E-state index in [4.69, 9.17) is 15.1 Å². The van der Waals surface area contributed by atoms with E-state index in [1.165, 1.54) is 0 Å². The Morgan fingerprint density at radius 1 is 1.50 bits per heavy atom. The second-order valence-corrected chi connectivity index (χ2v) is 4.19. The lowest BCUT2D eigenvalue weighted by Gasteiger charge is -2.22. The summed E-state index contributed by atoms with van der Waals surface area (Å²) in [6.07, 6.45) is 0.998. The van der Waals surface area contributed by atoms with Crippen molar-refractivity contribution in [2.75, 3.05) is 13.2 Å². The smallest absolute Gasteiger partial charge is 0.522 e. The first-order chi connectivity index (χ1) is 9.63. The third kappa shape index (κ3) is 3.04. The summed E-state index contributed by atoms with van der Waals surface area (Å²) in [6.45, 7) is 0.257. The average molecular weight is 275 g/mol. The molecule has 0 bridgehead atoms. The van der Waals surface area contributed by atoms with Crippen molar-refractivity contribution in [1.29, 1.82) is 0 Å². The Morgan fingerprint density at radius 2 is 2.30 bits per heavy atom. The van der Waals surface area contributed by atoms with E-state index in [0.29, 0.717) is 12.7 Å². The van der Waals surface area contributed by atoms with Crippen LogP contribution in [-0.4, -0.2) is 36.4 Å². The van der Waals surface area contributed by atoms with Crippen molar-refractivity contribution in [3.05, 3.63) is 23.3 Å². The molecule has 0 fully saturated rings. The molecule has 1 heterocycles. The van der Waals surface area contributed by atoms with Crippen LogP contribution in [0.2, 0.25) is 6.32 Å². The molecule has 0 aliphatic carbocycles. The van der Waals surface area contributed by atoms with E-state index in [1.54, 1.807) is 12.1 Å². The van der Waals surface area contributed by atoms with Gasteiger partial charge in [-0.25, -0.2) is 4.79 Å². The standard InChI is InChI=1S/C13H14BNO5/c15-7-1-2-8-19-10-4-3-9-5-6-14(18)20-12(9)11(10)13(16)17/h3-4,18H,5-8,15H2,(H,16,17). The summed E-state index contributed by atoms with van der Waals surface area (Å²) >= 11 is 0. The number of fused-ring (bicyclic) bond motifs is 1. The number of benzene rings is 1. The van der Waals surface area contributed by atoms with Gasteiger partial charge >= 0.3 is 13.1 Å². The molecule has 104 valence electrons. The van der Waals surface area contributed by atoms with E-state index in [1.807, 2.05) is 0 Å². The zero-order valence-electron chi connectivity index (χ0n) is 10.8. The van der Waals surface area contributed by atoms with Gasteiger partial charge in [0.1, 0.15) is 23.7 Å². The van der Waals surface area contributed by atoms with Crippen LogP contribution in [0.1, 0.15) is 15.9 Å². The zero-order valence-corrected chi connectivity index (χ0v) is 10.8. The van der Waals surface area contributed by atoms with E-state index < -0.39 is 13.1 Å². The zero-order chi connectivity index (χ0) is 14.5. The van der Waals surface area contributed by atoms with Gasteiger partial charge in [0.25, 0.3) is 0 Å². The van der Waals surface area contributed by atoms with Gasteiger partial charge in [-0.1, -0.05) is 17.9 Å². The van der Waals surface area contributed by atoms with Gasteiger partial charge in [-0.2, -0.15) is 0 Å². The second-order valence-electron chi connectivity index (χ2n) is 4.19. The highest BCUT2D eigenvalue weighted by molar-refractivity contribution is 6.44. The number of carboxylic acid groups (broad SMARTS) is 1. The van der Waals surface area contributed by atoms with Gasteiger partial charge in [-0.15, -0.1) is 0 Å². The molecule has 0 amide bonds. The fraction of sp³-hybridized carbons (Fsp3) is 0.308. The SMILES string of the molecule is NCC#CCOc1ccc2c(c1C(=O)O)OB(O)CC2. The molecule has 2 rings (SSSR count). The Labute approximate surface area is 116 Å². The van der Waals surface area contributed by atoms with E-state index >= 15 is 0 Å². The minimum absolute atomic E-state index is 0.0405. The van der Waals surface area contributed by atoms with Crippen LogP contribution in [0, 0.1) is 11.8 Å². The Kier molecular flexibility index (Phi) is 4.51. The maximum atomic E-state index is 11.4. The highest BCUT2D eigenvalue weighted by Gasteiger charge is 2.29. The lowest BCUT2D eigenvalue weighted by Crippen LogP contribution is -2.28. The van der Waals surface area contributed by atoms with Crippen molar-refractivity contribution in [2.24, 2.45) is 5.73 Å². The monoisotopic (exact) mass is 275 g/mol. The minimum Gasteiger partial charge on any atom is -0.535 e. The van der Waals surface area contributed by atoms with Gasteiger partial charge in [0.05, 0.1) is 6.54 Å². The van der Waals surface area contributed by atoms with Gasteiger partial charge in [0.2, 0.25) is 0 Å². The maximum Gasteiger partial charge on any atom is 0.522 e. The van der Waals surface area contributed by atoms with Gasteiger partial charge in [-0.05, 0) is 24.4 Å². The normalized spacial score (nSPS) is 12.8. The number of carbonyl (C=O) groups is 1. The molecule has 6 nitrogen and oxygen atoms in total. The number of rotatable bonds is 3. The summed E-state index contributed by atoms with van der Waals surface area (Å²) in [5.41, 5.74) is 5.88. The quantitative estimate of drug-likeness (QED) is 0.535. The molecule has 4 N–H and O–H groups in total. The molecule has 0 atom stereocenters. The number of aryl methyl sites for hydroxylation is 1. The van der Waals surface area contributed by atoms with Crippen molar-refractivity contribution in [3.8, 4) is 23.3 Å². The predicted octanol–water partition coefficient (Wildman–Crippen LogP) is 0.141. The highest BCUT2D eigenvalue weighted by Crippen LogP contribution is 2.36. The maximum absolute atomic E-state index is 11.4. The van der Waals surface area contributed by atoms with Crippen LogP contribution >= 0.6 is 0 Å². The molecule has 0 saturated carbocycles. The third-order valence-corrected chi connectivity index (χ3v) is 2.86. The number of aromatic carboxylic acids is 1. The Morgan fingerprint density at radius 3 is 3.00 bits per heavy atom. The fourth-order valence-electron chi connectivity index (χ4n) is 1.97. The molecule has 0 saturated heterocycles. The lowest BCUT2D eigenvalue weighted by molar-refractivity contribution is 0.0690. The van der Waals surface area contributed by atoms with Crippen LogP contribution in [0.5, 0.6) is 11.5 Å². The average Bonchev–Trinajstić information content (AvgIpc) is 2.42. The van der Waals surface area contributed by atoms with Crippen molar-refractivity contribution in [1.82, 2.24) is 0 Å². The van der Waals surface area contributed by atoms with Crippen LogP contribution in [0.15, 0.2) is 12.1 Å². The predicted molar refractivity (Wildman–Crippen MR) is 72.8 cm³/mol. The topological polar surface area (TPSA) is 102 Å². The molecule has 20 heavy (non-hydrogen) atoms. The van der Waals surface area contributed by atoms with Gasteiger partial charge in [0.15, 0.2) is 0 Å². The van der Waals surface area contributed by atoms with Crippen LogP contribution in [-0.2, 0) is 6.42 Å². The van der Waals surface area contributed by atoms with E-state index in [-0.39, 0.29) is 30.2 Å². The largest absolute Gasteiger partial charge is 0.535 e. The van der Waals surface area contributed by atoms with E-state index in [9.17, 15) is 14.9 Å². The van der Waals surface area contributed by atoms with Crippen molar-refractivity contribution in [3.63, 3.8) is 0 Å². The number of nitrogens with two attached hydrogens (primary N) is 1. The van der Waals surface area contributed by atoms with Gasteiger partial charge in [-0.3, -0.25) is 0 Å².